The minimum absolute atomic E-state index is 0.0756. The number of benzene rings is 2. The number of fused-ring (bicyclic) bond motifs is 1. The second-order valence-corrected chi connectivity index (χ2v) is 8.26. The van der Waals surface area contributed by atoms with Gasteiger partial charge in [-0.05, 0) is 43.5 Å². The fourth-order valence-electron chi connectivity index (χ4n) is 3.08. The van der Waals surface area contributed by atoms with Gasteiger partial charge in [0.2, 0.25) is 5.91 Å². The maximum absolute atomic E-state index is 12.8. The first-order valence-corrected chi connectivity index (χ1v) is 10.4. The zero-order valence-corrected chi connectivity index (χ0v) is 17.4. The molecule has 0 saturated heterocycles. The van der Waals surface area contributed by atoms with Gasteiger partial charge in [-0.1, -0.05) is 55.9 Å². The normalized spacial score (nSPS) is 12.3. The number of carbonyl (C=O) groups is 1. The summed E-state index contributed by atoms with van der Waals surface area (Å²) in [6.45, 7) is 8.44. The lowest BCUT2D eigenvalue weighted by Gasteiger charge is -2.17. The van der Waals surface area contributed by atoms with Crippen LogP contribution in [0.2, 0.25) is 0 Å². The second-order valence-electron chi connectivity index (χ2n) is 6.95. The van der Waals surface area contributed by atoms with Crippen molar-refractivity contribution in [3.05, 3.63) is 64.4 Å². The van der Waals surface area contributed by atoms with Crippen LogP contribution in [0.25, 0.3) is 10.9 Å². The first-order chi connectivity index (χ1) is 13.4. The van der Waals surface area contributed by atoms with E-state index in [0.29, 0.717) is 28.5 Å². The van der Waals surface area contributed by atoms with Gasteiger partial charge < -0.3 is 5.32 Å². The van der Waals surface area contributed by atoms with Crippen molar-refractivity contribution < 1.29 is 4.79 Å². The fraction of sp³-hybridized carbons (Fsp3) is 0.318. The molecular formula is C22H25N3O2S. The van der Waals surface area contributed by atoms with E-state index < -0.39 is 5.25 Å². The average molecular weight is 396 g/mol. The van der Waals surface area contributed by atoms with Crippen LogP contribution in [0, 0.1) is 0 Å². The van der Waals surface area contributed by atoms with Crippen molar-refractivity contribution in [2.45, 2.75) is 50.6 Å². The molecule has 0 saturated carbocycles. The molecule has 146 valence electrons. The number of nitrogens with one attached hydrogen (secondary N) is 1. The summed E-state index contributed by atoms with van der Waals surface area (Å²) in [5.74, 6) is 0.204. The summed E-state index contributed by atoms with van der Waals surface area (Å²) in [5.41, 5.74) is 2.50. The monoisotopic (exact) mass is 395 g/mol. The van der Waals surface area contributed by atoms with Gasteiger partial charge >= 0.3 is 0 Å². The zero-order chi connectivity index (χ0) is 20.3. The number of hydrogen-bond acceptors (Lipinski definition) is 4. The molecule has 3 aromatic rings. The SMILES string of the molecule is CCn1c(S[C@@H](C)C(=O)Nc2ccccc2C(C)C)nc2ccccc2c1=O. The Hall–Kier alpha value is -2.60. The van der Waals surface area contributed by atoms with Gasteiger partial charge in [0.1, 0.15) is 0 Å². The first-order valence-electron chi connectivity index (χ1n) is 9.48. The molecule has 5 nitrogen and oxygen atoms in total. The van der Waals surface area contributed by atoms with Gasteiger partial charge in [-0.3, -0.25) is 14.2 Å². The molecule has 0 radical (unpaired) electrons. The smallest absolute Gasteiger partial charge is 0.262 e. The third-order valence-electron chi connectivity index (χ3n) is 4.63. The lowest BCUT2D eigenvalue weighted by Crippen LogP contribution is -2.27. The second kappa shape index (κ2) is 8.61. The Labute approximate surface area is 169 Å². The van der Waals surface area contributed by atoms with Gasteiger partial charge in [0.05, 0.1) is 16.2 Å². The van der Waals surface area contributed by atoms with E-state index >= 15 is 0 Å². The van der Waals surface area contributed by atoms with E-state index in [4.69, 9.17) is 0 Å². The molecule has 1 amide bonds. The summed E-state index contributed by atoms with van der Waals surface area (Å²) < 4.78 is 1.62. The van der Waals surface area contributed by atoms with E-state index in [2.05, 4.69) is 24.1 Å². The predicted octanol–water partition coefficient (Wildman–Crippen LogP) is 4.66. The highest BCUT2D eigenvalue weighted by atomic mass is 32.2. The topological polar surface area (TPSA) is 64.0 Å². The van der Waals surface area contributed by atoms with E-state index in [-0.39, 0.29) is 11.5 Å². The van der Waals surface area contributed by atoms with Crippen LogP contribution in [0.1, 0.15) is 39.2 Å². The van der Waals surface area contributed by atoms with Crippen molar-refractivity contribution in [1.29, 1.82) is 0 Å². The molecule has 2 aromatic carbocycles. The van der Waals surface area contributed by atoms with Crippen molar-refractivity contribution in [2.24, 2.45) is 0 Å². The van der Waals surface area contributed by atoms with Crippen LogP contribution >= 0.6 is 11.8 Å². The molecule has 0 spiro atoms. The summed E-state index contributed by atoms with van der Waals surface area (Å²) in [5, 5.41) is 3.78. The Kier molecular flexibility index (Phi) is 6.19. The van der Waals surface area contributed by atoms with Crippen LogP contribution < -0.4 is 10.9 Å². The largest absolute Gasteiger partial charge is 0.325 e. The summed E-state index contributed by atoms with van der Waals surface area (Å²) in [4.78, 5) is 30.2. The first kappa shape index (κ1) is 20.1. The molecule has 28 heavy (non-hydrogen) atoms. The van der Waals surface area contributed by atoms with Crippen LogP contribution in [0.15, 0.2) is 58.5 Å². The highest BCUT2D eigenvalue weighted by molar-refractivity contribution is 8.00. The molecule has 3 rings (SSSR count). The number of rotatable bonds is 6. The average Bonchev–Trinajstić information content (AvgIpc) is 2.68. The molecule has 6 heteroatoms. The number of carbonyl (C=O) groups excluding carboxylic acids is 1. The Bertz CT molecular complexity index is 1060. The summed E-state index contributed by atoms with van der Waals surface area (Å²) >= 11 is 1.31. The Morgan fingerprint density at radius 2 is 1.79 bits per heavy atom. The Morgan fingerprint density at radius 1 is 1.11 bits per heavy atom. The molecule has 1 N–H and O–H groups in total. The van der Waals surface area contributed by atoms with Gasteiger partial charge in [0.25, 0.3) is 5.56 Å². The van der Waals surface area contributed by atoms with Crippen LogP contribution in [0.3, 0.4) is 0 Å². The molecule has 0 aliphatic heterocycles. The molecule has 0 unspecified atom stereocenters. The van der Waals surface area contributed by atoms with Gasteiger partial charge in [0, 0.05) is 12.2 Å². The van der Waals surface area contributed by atoms with E-state index in [9.17, 15) is 9.59 Å². The molecule has 1 aromatic heterocycles. The standard InChI is InChI=1S/C22H25N3O2S/c1-5-25-21(27)17-11-7-9-13-19(17)24-22(25)28-15(4)20(26)23-18-12-8-6-10-16(18)14(2)3/h6-15H,5H2,1-4H3,(H,23,26)/t15-/m0/s1. The van der Waals surface area contributed by atoms with E-state index in [0.717, 1.165) is 11.3 Å². The number of thioether (sulfide) groups is 1. The molecule has 0 aliphatic carbocycles. The van der Waals surface area contributed by atoms with E-state index in [1.165, 1.54) is 11.8 Å². The van der Waals surface area contributed by atoms with Crippen LogP contribution in [0.4, 0.5) is 5.69 Å². The molecule has 0 fully saturated rings. The van der Waals surface area contributed by atoms with E-state index in [1.807, 2.05) is 56.3 Å². The minimum atomic E-state index is -0.397. The summed E-state index contributed by atoms with van der Waals surface area (Å²) in [6.07, 6.45) is 0. The summed E-state index contributed by atoms with van der Waals surface area (Å²) in [6, 6.07) is 15.1. The predicted molar refractivity (Wildman–Crippen MR) is 116 cm³/mol. The number of anilines is 1. The minimum Gasteiger partial charge on any atom is -0.325 e. The molecular weight excluding hydrogens is 370 g/mol. The number of nitrogens with zero attached hydrogens (tertiary/aromatic N) is 2. The molecule has 1 heterocycles. The van der Waals surface area contributed by atoms with Crippen LogP contribution in [-0.2, 0) is 11.3 Å². The van der Waals surface area contributed by atoms with Crippen LogP contribution in [-0.4, -0.2) is 20.7 Å². The molecule has 0 aliphatic rings. The third kappa shape index (κ3) is 4.12. The lowest BCUT2D eigenvalue weighted by molar-refractivity contribution is -0.115. The number of hydrogen-bond donors (Lipinski definition) is 1. The van der Waals surface area contributed by atoms with Crippen molar-refractivity contribution in [3.63, 3.8) is 0 Å². The number of aromatic nitrogens is 2. The third-order valence-corrected chi connectivity index (χ3v) is 5.73. The highest BCUT2D eigenvalue weighted by Gasteiger charge is 2.20. The van der Waals surface area contributed by atoms with Gasteiger partial charge in [-0.25, -0.2) is 4.98 Å². The van der Waals surface area contributed by atoms with Crippen LogP contribution in [0.5, 0.6) is 0 Å². The fourth-order valence-corrected chi connectivity index (χ4v) is 4.05. The van der Waals surface area contributed by atoms with Crippen molar-refractivity contribution in [2.75, 3.05) is 5.32 Å². The van der Waals surface area contributed by atoms with Gasteiger partial charge in [0.15, 0.2) is 5.16 Å². The van der Waals surface area contributed by atoms with E-state index in [1.54, 1.807) is 10.6 Å². The molecule has 1 atom stereocenters. The molecule has 0 bridgehead atoms. The Balaban J connectivity index is 1.86. The van der Waals surface area contributed by atoms with Crippen molar-refractivity contribution >= 4 is 34.3 Å². The number of para-hydroxylation sites is 2. The number of amides is 1. The lowest BCUT2D eigenvalue weighted by atomic mass is 10.0. The summed E-state index contributed by atoms with van der Waals surface area (Å²) in [7, 11) is 0. The maximum atomic E-state index is 12.8. The maximum Gasteiger partial charge on any atom is 0.262 e. The van der Waals surface area contributed by atoms with Gasteiger partial charge in [-0.15, -0.1) is 0 Å². The zero-order valence-electron chi connectivity index (χ0n) is 16.6. The quantitative estimate of drug-likeness (QED) is 0.487. The Morgan fingerprint density at radius 3 is 2.50 bits per heavy atom. The van der Waals surface area contributed by atoms with Crippen molar-refractivity contribution in [1.82, 2.24) is 9.55 Å². The highest BCUT2D eigenvalue weighted by Crippen LogP contribution is 2.27. The van der Waals surface area contributed by atoms with Gasteiger partial charge in [-0.2, -0.15) is 0 Å². The van der Waals surface area contributed by atoms with Crippen molar-refractivity contribution in [3.8, 4) is 0 Å².